The van der Waals surface area contributed by atoms with Crippen molar-refractivity contribution in [2.24, 2.45) is 4.99 Å². The van der Waals surface area contributed by atoms with Crippen molar-refractivity contribution in [2.75, 3.05) is 46.9 Å². The number of amides is 1. The molecule has 0 spiro atoms. The molecule has 1 unspecified atom stereocenters. The van der Waals surface area contributed by atoms with E-state index in [2.05, 4.69) is 25.8 Å². The highest BCUT2D eigenvalue weighted by atomic mass is 127. The first-order chi connectivity index (χ1) is 13.6. The number of aliphatic imine (C=N–C) groups is 1. The molecule has 1 aromatic carbocycles. The predicted molar refractivity (Wildman–Crippen MR) is 126 cm³/mol. The fourth-order valence-corrected chi connectivity index (χ4v) is 3.23. The molecule has 1 aliphatic rings. The van der Waals surface area contributed by atoms with E-state index in [4.69, 9.17) is 9.47 Å². The van der Waals surface area contributed by atoms with Crippen LogP contribution in [0.15, 0.2) is 23.2 Å². The van der Waals surface area contributed by atoms with E-state index in [-0.39, 0.29) is 36.4 Å². The third-order valence-corrected chi connectivity index (χ3v) is 4.53. The summed E-state index contributed by atoms with van der Waals surface area (Å²) in [7, 11) is 3.33. The van der Waals surface area contributed by atoms with Crippen molar-refractivity contribution in [3.63, 3.8) is 0 Å². The monoisotopic (exact) mass is 519 g/mol. The van der Waals surface area contributed by atoms with Gasteiger partial charge in [-0.2, -0.15) is 0 Å². The van der Waals surface area contributed by atoms with Crippen molar-refractivity contribution in [1.82, 2.24) is 20.9 Å². The summed E-state index contributed by atoms with van der Waals surface area (Å²) in [5.74, 6) is 2.22. The molecule has 0 saturated carbocycles. The third-order valence-electron chi connectivity index (χ3n) is 4.53. The molecule has 0 aliphatic carbocycles. The molecular formula is C20H34IN5O3. The Morgan fingerprint density at radius 2 is 1.79 bits per heavy atom. The number of nitrogens with one attached hydrogen (secondary N) is 3. The predicted octanol–water partition coefficient (Wildman–Crippen LogP) is 1.59. The lowest BCUT2D eigenvalue weighted by Crippen LogP contribution is -2.45. The smallest absolute Gasteiger partial charge is 0.241 e. The maximum Gasteiger partial charge on any atom is 0.241 e. The van der Waals surface area contributed by atoms with Crippen LogP contribution in [-0.4, -0.2) is 69.8 Å². The minimum atomic E-state index is -0.0697. The largest absolute Gasteiger partial charge is 0.497 e. The SMILES string of the molecule is CCNC(=O)CN=C(NCC)NC1CCN(Cc2cc(OC)cc(OC)c2)C1.I. The number of guanidine groups is 1. The molecule has 1 amide bonds. The van der Waals surface area contributed by atoms with Gasteiger partial charge in [0.2, 0.25) is 5.91 Å². The van der Waals surface area contributed by atoms with E-state index in [1.165, 1.54) is 0 Å². The van der Waals surface area contributed by atoms with Gasteiger partial charge < -0.3 is 25.4 Å². The van der Waals surface area contributed by atoms with Crippen LogP contribution >= 0.6 is 24.0 Å². The van der Waals surface area contributed by atoms with Crippen LogP contribution in [0.2, 0.25) is 0 Å². The van der Waals surface area contributed by atoms with E-state index in [0.29, 0.717) is 18.5 Å². The van der Waals surface area contributed by atoms with E-state index < -0.39 is 0 Å². The average Bonchev–Trinajstić information content (AvgIpc) is 3.12. The quantitative estimate of drug-likeness (QED) is 0.261. The molecular weight excluding hydrogens is 485 g/mol. The summed E-state index contributed by atoms with van der Waals surface area (Å²) >= 11 is 0. The van der Waals surface area contributed by atoms with E-state index >= 15 is 0 Å². The number of methoxy groups -OCH3 is 2. The second-order valence-electron chi connectivity index (χ2n) is 6.73. The van der Waals surface area contributed by atoms with Crippen LogP contribution in [0, 0.1) is 0 Å². The Morgan fingerprint density at radius 1 is 1.14 bits per heavy atom. The second-order valence-corrected chi connectivity index (χ2v) is 6.73. The van der Waals surface area contributed by atoms with Crippen LogP contribution in [0.4, 0.5) is 0 Å². The zero-order chi connectivity index (χ0) is 20.4. The fraction of sp³-hybridized carbons (Fsp3) is 0.600. The standard InChI is InChI=1S/C20H33N5O3.HI/c1-5-21-19(26)12-23-20(22-6-2)24-16-7-8-25(14-16)13-15-9-17(27-3)11-18(10-15)28-4;/h9-11,16H,5-8,12-14H2,1-4H3,(H,21,26)(H2,22,23,24);1H. The number of nitrogens with zero attached hydrogens (tertiary/aromatic N) is 2. The number of hydrogen-bond acceptors (Lipinski definition) is 5. The van der Waals surface area contributed by atoms with Gasteiger partial charge >= 0.3 is 0 Å². The van der Waals surface area contributed by atoms with Gasteiger partial charge in [-0.3, -0.25) is 9.69 Å². The fourth-order valence-electron chi connectivity index (χ4n) is 3.23. The Balaban J connectivity index is 0.00000420. The number of rotatable bonds is 9. The van der Waals surface area contributed by atoms with Crippen molar-refractivity contribution in [3.8, 4) is 11.5 Å². The molecule has 8 nitrogen and oxygen atoms in total. The lowest BCUT2D eigenvalue weighted by atomic mass is 10.2. The molecule has 9 heteroatoms. The Morgan fingerprint density at radius 3 is 2.38 bits per heavy atom. The number of hydrogen-bond donors (Lipinski definition) is 3. The van der Waals surface area contributed by atoms with Gasteiger partial charge in [0.1, 0.15) is 18.0 Å². The van der Waals surface area contributed by atoms with E-state index in [1.807, 2.05) is 32.0 Å². The van der Waals surface area contributed by atoms with Crippen molar-refractivity contribution < 1.29 is 14.3 Å². The van der Waals surface area contributed by atoms with Crippen molar-refractivity contribution in [1.29, 1.82) is 0 Å². The molecule has 1 atom stereocenters. The van der Waals surface area contributed by atoms with Crippen LogP contribution in [0.25, 0.3) is 0 Å². The summed E-state index contributed by atoms with van der Waals surface area (Å²) in [5, 5.41) is 9.41. The van der Waals surface area contributed by atoms with Gasteiger partial charge in [-0.25, -0.2) is 4.99 Å². The van der Waals surface area contributed by atoms with E-state index in [0.717, 1.165) is 49.7 Å². The minimum absolute atomic E-state index is 0. The Labute approximate surface area is 190 Å². The maximum absolute atomic E-state index is 11.6. The van der Waals surface area contributed by atoms with Gasteiger partial charge in [-0.15, -0.1) is 24.0 Å². The molecule has 1 fully saturated rings. The molecule has 1 heterocycles. The van der Waals surface area contributed by atoms with Crippen LogP contribution in [-0.2, 0) is 11.3 Å². The first kappa shape index (κ1) is 25.3. The number of carbonyl (C=O) groups is 1. The molecule has 164 valence electrons. The summed E-state index contributed by atoms with van der Waals surface area (Å²) in [6, 6.07) is 6.26. The summed E-state index contributed by atoms with van der Waals surface area (Å²) < 4.78 is 10.7. The molecule has 2 rings (SSSR count). The van der Waals surface area contributed by atoms with Gasteiger partial charge in [0.25, 0.3) is 0 Å². The molecule has 0 radical (unpaired) electrons. The normalized spacial score (nSPS) is 16.7. The van der Waals surface area contributed by atoms with Crippen LogP contribution in [0.1, 0.15) is 25.8 Å². The van der Waals surface area contributed by atoms with Crippen molar-refractivity contribution >= 4 is 35.8 Å². The van der Waals surface area contributed by atoms with Crippen molar-refractivity contribution in [3.05, 3.63) is 23.8 Å². The highest BCUT2D eigenvalue weighted by Gasteiger charge is 2.23. The number of halogens is 1. The molecule has 0 bridgehead atoms. The average molecular weight is 519 g/mol. The molecule has 3 N–H and O–H groups in total. The molecule has 1 aromatic rings. The third kappa shape index (κ3) is 8.65. The van der Waals surface area contributed by atoms with Crippen LogP contribution in [0.3, 0.4) is 0 Å². The van der Waals surface area contributed by atoms with Gasteiger partial charge in [0.15, 0.2) is 5.96 Å². The Kier molecular flexibility index (Phi) is 11.7. The topological polar surface area (TPSA) is 87.2 Å². The number of likely N-dealkylation sites (N-methyl/N-ethyl adjacent to an activating group) is 1. The Bertz CT molecular complexity index is 649. The summed E-state index contributed by atoms with van der Waals surface area (Å²) in [4.78, 5) is 18.4. The summed E-state index contributed by atoms with van der Waals surface area (Å²) in [5.41, 5.74) is 1.16. The van der Waals surface area contributed by atoms with Crippen molar-refractivity contribution in [2.45, 2.75) is 32.9 Å². The zero-order valence-corrected chi connectivity index (χ0v) is 20.1. The van der Waals surface area contributed by atoms with E-state index in [9.17, 15) is 4.79 Å². The first-order valence-electron chi connectivity index (χ1n) is 9.83. The van der Waals surface area contributed by atoms with Gasteiger partial charge in [-0.05, 0) is 38.0 Å². The summed E-state index contributed by atoms with van der Waals surface area (Å²) in [6.07, 6.45) is 1.02. The van der Waals surface area contributed by atoms with Gasteiger partial charge in [-0.1, -0.05) is 0 Å². The van der Waals surface area contributed by atoms with Crippen LogP contribution in [0.5, 0.6) is 11.5 Å². The lowest BCUT2D eigenvalue weighted by Gasteiger charge is -2.19. The Hall–Kier alpha value is -1.75. The second kappa shape index (κ2) is 13.5. The summed E-state index contributed by atoms with van der Waals surface area (Å²) in [6.45, 7) is 8.14. The molecule has 29 heavy (non-hydrogen) atoms. The molecule has 0 aromatic heterocycles. The lowest BCUT2D eigenvalue weighted by molar-refractivity contribution is -0.119. The number of likely N-dealkylation sites (tertiary alicyclic amines) is 1. The minimum Gasteiger partial charge on any atom is -0.497 e. The van der Waals surface area contributed by atoms with Crippen LogP contribution < -0.4 is 25.4 Å². The number of ether oxygens (including phenoxy) is 2. The molecule has 1 aliphatic heterocycles. The number of carbonyl (C=O) groups excluding carboxylic acids is 1. The van der Waals surface area contributed by atoms with Gasteiger partial charge in [0.05, 0.1) is 14.2 Å². The first-order valence-corrected chi connectivity index (χ1v) is 9.83. The zero-order valence-electron chi connectivity index (χ0n) is 17.8. The maximum atomic E-state index is 11.6. The highest BCUT2D eigenvalue weighted by Crippen LogP contribution is 2.24. The molecule has 1 saturated heterocycles. The highest BCUT2D eigenvalue weighted by molar-refractivity contribution is 14.0. The van der Waals surface area contributed by atoms with E-state index in [1.54, 1.807) is 14.2 Å². The van der Waals surface area contributed by atoms with Gasteiger partial charge in [0, 0.05) is 44.8 Å². The number of benzene rings is 1.